The first-order chi connectivity index (χ1) is 9.74. The van der Waals surface area contributed by atoms with Crippen molar-refractivity contribution in [2.75, 3.05) is 6.54 Å². The second-order valence-corrected chi connectivity index (χ2v) is 5.31. The lowest BCUT2D eigenvalue weighted by Gasteiger charge is -2.07. The van der Waals surface area contributed by atoms with Crippen molar-refractivity contribution in [3.63, 3.8) is 0 Å². The van der Waals surface area contributed by atoms with Crippen molar-refractivity contribution in [2.24, 2.45) is 0 Å². The highest BCUT2D eigenvalue weighted by molar-refractivity contribution is 7.81. The fourth-order valence-electron chi connectivity index (χ4n) is 1.67. The molecule has 0 aliphatic rings. The van der Waals surface area contributed by atoms with Gasteiger partial charge in [0.2, 0.25) is 5.76 Å². The molecule has 0 aliphatic carbocycles. The molecule has 0 fully saturated rings. The predicted octanol–water partition coefficient (Wildman–Crippen LogP) is 3.02. The number of rotatable bonds is 5. The van der Waals surface area contributed by atoms with Gasteiger partial charge in [-0.1, -0.05) is 30.4 Å². The summed E-state index contributed by atoms with van der Waals surface area (Å²) in [5.74, 6) is 0.165. The number of pyridine rings is 1. The minimum absolute atomic E-state index is 0.165. The third-order valence-electron chi connectivity index (χ3n) is 2.57. The second kappa shape index (κ2) is 6.98. The number of nitrogens with zero attached hydrogens (tertiary/aromatic N) is 1. The Morgan fingerprint density at radius 1 is 1.35 bits per heavy atom. The van der Waals surface area contributed by atoms with Crippen LogP contribution in [-0.4, -0.2) is 16.6 Å². The van der Waals surface area contributed by atoms with E-state index in [1.807, 2.05) is 48.1 Å². The van der Waals surface area contributed by atoms with Crippen molar-refractivity contribution in [3.8, 4) is 0 Å². The van der Waals surface area contributed by atoms with Gasteiger partial charge in [0.15, 0.2) is 17.4 Å². The van der Waals surface area contributed by atoms with Gasteiger partial charge in [0, 0.05) is 18.7 Å². The molecule has 0 bridgehead atoms. The number of thiophene rings is 1. The van der Waals surface area contributed by atoms with Crippen molar-refractivity contribution >= 4 is 40.0 Å². The molecule has 2 aromatic heterocycles. The molecule has 0 atom stereocenters. The summed E-state index contributed by atoms with van der Waals surface area (Å²) in [6.07, 6.45) is 5.42. The molecule has 0 radical (unpaired) electrons. The summed E-state index contributed by atoms with van der Waals surface area (Å²) in [5, 5.41) is 15.5. The lowest BCUT2D eigenvalue weighted by Crippen LogP contribution is -2.40. The maximum absolute atomic E-state index is 10.5. The van der Waals surface area contributed by atoms with Crippen LogP contribution in [0.2, 0.25) is 0 Å². The van der Waals surface area contributed by atoms with Gasteiger partial charge in [-0.25, -0.2) is 0 Å². The fraction of sp³-hybridized carbons (Fsp3) is 0.0667. The molecule has 2 aromatic rings. The first kappa shape index (κ1) is 14.4. The molecule has 5 heteroatoms. The van der Waals surface area contributed by atoms with Crippen LogP contribution in [-0.2, 0) is 0 Å². The summed E-state index contributed by atoms with van der Waals surface area (Å²) in [5.41, 5.74) is 0.560. The minimum Gasteiger partial charge on any atom is -0.501 e. The van der Waals surface area contributed by atoms with E-state index in [1.54, 1.807) is 10.6 Å². The molecule has 0 spiro atoms. The summed E-state index contributed by atoms with van der Waals surface area (Å²) in [6.45, 7) is 4.20. The summed E-state index contributed by atoms with van der Waals surface area (Å²) in [4.78, 5) is 1.26. The lowest BCUT2D eigenvalue weighted by molar-refractivity contribution is -0.576. The number of aliphatic hydroxyl groups is 1. The minimum atomic E-state index is 0.165. The quantitative estimate of drug-likeness (QED) is 0.293. The van der Waals surface area contributed by atoms with Gasteiger partial charge < -0.3 is 10.4 Å². The van der Waals surface area contributed by atoms with Gasteiger partial charge >= 0.3 is 0 Å². The van der Waals surface area contributed by atoms with Crippen LogP contribution < -0.4 is 9.88 Å². The van der Waals surface area contributed by atoms with Gasteiger partial charge in [-0.15, -0.1) is 17.9 Å². The van der Waals surface area contributed by atoms with Gasteiger partial charge in [-0.05, 0) is 11.4 Å². The number of thiocarbonyl (C=S) groups is 1. The zero-order chi connectivity index (χ0) is 14.4. The van der Waals surface area contributed by atoms with Crippen LogP contribution in [0, 0.1) is 0 Å². The maximum Gasteiger partial charge on any atom is 0.288 e. The average Bonchev–Trinajstić information content (AvgIpc) is 3.00. The topological polar surface area (TPSA) is 36.1 Å². The number of nitrogens with one attached hydrogen (secondary N) is 1. The molecule has 2 N–H and O–H groups in total. The van der Waals surface area contributed by atoms with E-state index in [9.17, 15) is 5.11 Å². The monoisotopic (exact) mass is 303 g/mol. The van der Waals surface area contributed by atoms with E-state index in [2.05, 4.69) is 11.9 Å². The average molecular weight is 303 g/mol. The molecule has 20 heavy (non-hydrogen) atoms. The van der Waals surface area contributed by atoms with E-state index in [0.29, 0.717) is 17.2 Å². The Hall–Kier alpha value is -1.98. The third kappa shape index (κ3) is 3.31. The largest absolute Gasteiger partial charge is 0.501 e. The van der Waals surface area contributed by atoms with Crippen LogP contribution in [0.3, 0.4) is 0 Å². The fourth-order valence-corrected chi connectivity index (χ4v) is 2.63. The smallest absolute Gasteiger partial charge is 0.288 e. The third-order valence-corrected chi connectivity index (χ3v) is 3.79. The SMILES string of the molecule is C=CCNC(=S)/C(=C(\O)c1cccs1)[n+]1ccccc1. The van der Waals surface area contributed by atoms with E-state index in [1.165, 1.54) is 11.3 Å². The molecule has 0 unspecified atom stereocenters. The summed E-state index contributed by atoms with van der Waals surface area (Å²) in [7, 11) is 0. The summed E-state index contributed by atoms with van der Waals surface area (Å²) < 4.78 is 1.80. The van der Waals surface area contributed by atoms with E-state index in [4.69, 9.17) is 12.2 Å². The zero-order valence-corrected chi connectivity index (χ0v) is 12.5. The summed E-state index contributed by atoms with van der Waals surface area (Å²) in [6, 6.07) is 9.44. The van der Waals surface area contributed by atoms with E-state index >= 15 is 0 Å². The Balaban J connectivity index is 2.47. The highest BCUT2D eigenvalue weighted by Gasteiger charge is 2.23. The van der Waals surface area contributed by atoms with Crippen molar-refractivity contribution < 1.29 is 9.67 Å². The zero-order valence-electron chi connectivity index (χ0n) is 10.8. The predicted molar refractivity (Wildman–Crippen MR) is 87.5 cm³/mol. The maximum atomic E-state index is 10.5. The standard InChI is InChI=1S/C15H14N2OS2/c1-2-8-16-15(19)13(17-9-4-3-5-10-17)14(18)12-7-6-11-20-12/h2-7,9-11H,1,8H2,(H-,16,18,19)/p+1. The van der Waals surface area contributed by atoms with Crippen molar-refractivity contribution in [2.45, 2.75) is 0 Å². The van der Waals surface area contributed by atoms with Gasteiger partial charge in [-0.2, -0.15) is 4.57 Å². The highest BCUT2D eigenvalue weighted by atomic mass is 32.1. The molecule has 0 aromatic carbocycles. The first-order valence-corrected chi connectivity index (χ1v) is 7.35. The lowest BCUT2D eigenvalue weighted by atomic mass is 10.2. The molecule has 2 rings (SSSR count). The molecule has 0 amide bonds. The molecular weight excluding hydrogens is 288 g/mol. The Morgan fingerprint density at radius 3 is 2.70 bits per heavy atom. The summed E-state index contributed by atoms with van der Waals surface area (Å²) >= 11 is 6.85. The van der Waals surface area contributed by atoms with E-state index in [-0.39, 0.29) is 5.76 Å². The molecule has 2 heterocycles. The van der Waals surface area contributed by atoms with Crippen LogP contribution in [0.15, 0.2) is 60.8 Å². The van der Waals surface area contributed by atoms with Gasteiger partial charge in [0.1, 0.15) is 0 Å². The van der Waals surface area contributed by atoms with Crippen LogP contribution in [0.4, 0.5) is 0 Å². The molecule has 0 saturated heterocycles. The number of aromatic nitrogens is 1. The number of hydrogen-bond acceptors (Lipinski definition) is 3. The molecule has 0 aliphatic heterocycles. The Labute approximate surface area is 127 Å². The number of aliphatic hydroxyl groups excluding tert-OH is 1. The Bertz CT molecular complexity index is 619. The Morgan fingerprint density at radius 2 is 2.10 bits per heavy atom. The van der Waals surface area contributed by atoms with Crippen LogP contribution in [0.25, 0.3) is 11.5 Å². The van der Waals surface area contributed by atoms with Crippen molar-refractivity contribution in [1.29, 1.82) is 0 Å². The van der Waals surface area contributed by atoms with Gasteiger partial charge in [0.05, 0.1) is 4.88 Å². The van der Waals surface area contributed by atoms with Crippen LogP contribution >= 0.6 is 23.6 Å². The van der Waals surface area contributed by atoms with Gasteiger partial charge in [-0.3, -0.25) is 0 Å². The van der Waals surface area contributed by atoms with Gasteiger partial charge in [0.25, 0.3) is 5.70 Å². The van der Waals surface area contributed by atoms with Crippen LogP contribution in [0.1, 0.15) is 4.88 Å². The molecule has 0 saturated carbocycles. The molecule has 102 valence electrons. The number of hydrogen-bond donors (Lipinski definition) is 2. The van der Waals surface area contributed by atoms with E-state index in [0.717, 1.165) is 4.88 Å². The normalized spacial score (nSPS) is 11.6. The van der Waals surface area contributed by atoms with Crippen molar-refractivity contribution in [3.05, 3.63) is 65.6 Å². The Kier molecular flexibility index (Phi) is 5.03. The van der Waals surface area contributed by atoms with Crippen molar-refractivity contribution in [1.82, 2.24) is 5.32 Å². The van der Waals surface area contributed by atoms with Crippen LogP contribution in [0.5, 0.6) is 0 Å². The molecule has 3 nitrogen and oxygen atoms in total. The second-order valence-electron chi connectivity index (χ2n) is 3.96. The van der Waals surface area contributed by atoms with E-state index < -0.39 is 0 Å². The first-order valence-electron chi connectivity index (χ1n) is 6.07. The highest BCUT2D eigenvalue weighted by Crippen LogP contribution is 2.21. The molecular formula is C15H15N2OS2+.